The molecule has 8 rings (SSSR count). The highest BCUT2D eigenvalue weighted by Gasteiger charge is 2.45. The molecular formula is C60H80N6O8. The standard InChI is InChI=1S/C60H80N6O8/c1-5-39(2)56(68)62-53(42-24-12-9-13-25-42)60(72)66-33-21-31-49(66)58(70)64-55-46-29-17-15-27-44(46)37-52(55)74-35-19-7-6-18-34-73-51-36-43-26-14-16-28-45(43)54(51)63-57(69)48-30-20-32-65(48)59(71)47(38-50(67)40(3)61-4)41-22-10-8-11-23-41/h14-17,26-29,39-42,47-49,51-55,61H,5,8-13,20-25,30-38H2,1-4H3,(H,62,68)(H,63,69)(H,64,70)/t39-,40+,47+,48+,49+,51-,52-,53+,54+,55+/m1/s1. The van der Waals surface area contributed by atoms with E-state index in [0.717, 1.165) is 92.9 Å². The molecule has 0 unspecified atom stereocenters. The zero-order valence-electron chi connectivity index (χ0n) is 44.3. The molecule has 2 saturated heterocycles. The predicted octanol–water partition coefficient (Wildman–Crippen LogP) is 6.45. The Kier molecular flexibility index (Phi) is 19.4. The van der Waals surface area contributed by atoms with Crippen LogP contribution in [0.5, 0.6) is 0 Å². The van der Waals surface area contributed by atoms with Gasteiger partial charge in [-0.1, -0.05) is 113 Å². The van der Waals surface area contributed by atoms with E-state index in [4.69, 9.17) is 9.47 Å². The lowest BCUT2D eigenvalue weighted by atomic mass is 9.76. The van der Waals surface area contributed by atoms with Gasteiger partial charge in [-0.2, -0.15) is 0 Å². The molecular weight excluding hydrogens is 933 g/mol. The Bertz CT molecular complexity index is 2280. The minimum Gasteiger partial charge on any atom is -0.363 e. The number of rotatable bonds is 19. The fourth-order valence-corrected chi connectivity index (χ4v) is 12.6. The van der Waals surface area contributed by atoms with Gasteiger partial charge >= 0.3 is 0 Å². The molecule has 4 N–H and O–H groups in total. The Morgan fingerprint density at radius 1 is 0.635 bits per heavy atom. The fraction of sp³-hybridized carbons (Fsp3) is 0.633. The lowest BCUT2D eigenvalue weighted by Gasteiger charge is -2.35. The Balaban J connectivity index is 0.858. The molecule has 2 heterocycles. The molecule has 6 aliphatic rings. The van der Waals surface area contributed by atoms with Crippen LogP contribution in [-0.2, 0) is 51.1 Å². The Morgan fingerprint density at radius 2 is 1.12 bits per heavy atom. The number of Topliss-reactive ketones (excluding diaryl/α,β-unsaturated/α-hetero) is 1. The first-order valence-electron chi connectivity index (χ1n) is 28.0. The van der Waals surface area contributed by atoms with Crippen LogP contribution < -0.4 is 21.3 Å². The minimum atomic E-state index is -0.641. The van der Waals surface area contributed by atoms with Gasteiger partial charge in [-0.3, -0.25) is 28.8 Å². The number of ketones is 1. The van der Waals surface area contributed by atoms with E-state index in [9.17, 15) is 28.8 Å². The molecule has 0 spiro atoms. The zero-order chi connectivity index (χ0) is 52.1. The van der Waals surface area contributed by atoms with Crippen molar-refractivity contribution >= 4 is 35.3 Å². The summed E-state index contributed by atoms with van der Waals surface area (Å²) in [6, 6.07) is 12.9. The number of hydrogen-bond donors (Lipinski definition) is 4. The molecule has 0 radical (unpaired) electrons. The molecule has 398 valence electrons. The van der Waals surface area contributed by atoms with Gasteiger partial charge in [0.25, 0.3) is 0 Å². The van der Waals surface area contributed by atoms with Crippen LogP contribution in [0.3, 0.4) is 0 Å². The summed E-state index contributed by atoms with van der Waals surface area (Å²) in [4.78, 5) is 87.0. The molecule has 5 amide bonds. The number of fused-ring (bicyclic) bond motifs is 2. The summed E-state index contributed by atoms with van der Waals surface area (Å²) in [5.74, 6) is 10.7. The monoisotopic (exact) mass is 1010 g/mol. The van der Waals surface area contributed by atoms with Crippen molar-refractivity contribution in [3.63, 3.8) is 0 Å². The summed E-state index contributed by atoms with van der Waals surface area (Å²) < 4.78 is 12.7. The van der Waals surface area contributed by atoms with Crippen LogP contribution in [0.15, 0.2) is 48.5 Å². The molecule has 2 aliphatic heterocycles. The number of likely N-dealkylation sites (tertiary alicyclic amines) is 2. The third-order valence-corrected chi connectivity index (χ3v) is 17.2. The van der Waals surface area contributed by atoms with Crippen LogP contribution in [-0.4, -0.2) is 115 Å². The largest absolute Gasteiger partial charge is 0.363 e. The number of hydrogen-bond acceptors (Lipinski definition) is 9. The molecule has 0 aromatic heterocycles. The molecule has 0 bridgehead atoms. The quantitative estimate of drug-likeness (QED) is 0.115. The van der Waals surface area contributed by atoms with Gasteiger partial charge in [0.2, 0.25) is 29.5 Å². The van der Waals surface area contributed by atoms with Crippen molar-refractivity contribution in [1.82, 2.24) is 31.1 Å². The van der Waals surface area contributed by atoms with E-state index in [-0.39, 0.29) is 91.0 Å². The first-order chi connectivity index (χ1) is 36.0. The van der Waals surface area contributed by atoms with Gasteiger partial charge in [0.05, 0.1) is 30.3 Å². The summed E-state index contributed by atoms with van der Waals surface area (Å²) in [6.07, 6.45) is 13.9. The molecule has 10 atom stereocenters. The second kappa shape index (κ2) is 26.3. The average molecular weight is 1010 g/mol. The third-order valence-electron chi connectivity index (χ3n) is 17.2. The first kappa shape index (κ1) is 54.7. The highest BCUT2D eigenvalue weighted by Crippen LogP contribution is 2.38. The lowest BCUT2D eigenvalue weighted by Crippen LogP contribution is -2.57. The van der Waals surface area contributed by atoms with E-state index in [1.54, 1.807) is 16.8 Å². The van der Waals surface area contributed by atoms with Crippen LogP contribution >= 0.6 is 0 Å². The second-order valence-electron chi connectivity index (χ2n) is 21.8. The summed E-state index contributed by atoms with van der Waals surface area (Å²) >= 11 is 0. The maximum absolute atomic E-state index is 14.4. The predicted molar refractivity (Wildman–Crippen MR) is 283 cm³/mol. The molecule has 2 aromatic rings. The molecule has 4 aliphatic carbocycles. The molecule has 74 heavy (non-hydrogen) atoms. The van der Waals surface area contributed by atoms with Crippen molar-refractivity contribution in [2.45, 2.75) is 185 Å². The van der Waals surface area contributed by atoms with Crippen molar-refractivity contribution in [1.29, 1.82) is 0 Å². The maximum atomic E-state index is 14.4. The number of amides is 5. The minimum absolute atomic E-state index is 0.0285. The number of benzene rings is 2. The first-order valence-corrected chi connectivity index (χ1v) is 28.0. The van der Waals surface area contributed by atoms with E-state index in [1.165, 1.54) is 0 Å². The summed E-state index contributed by atoms with van der Waals surface area (Å²) in [7, 11) is 1.76. The zero-order valence-corrected chi connectivity index (χ0v) is 44.3. The average Bonchev–Trinajstić information content (AvgIpc) is 4.26. The highest BCUT2D eigenvalue weighted by molar-refractivity contribution is 5.94. The lowest BCUT2D eigenvalue weighted by molar-refractivity contribution is -0.145. The fourth-order valence-electron chi connectivity index (χ4n) is 12.6. The van der Waals surface area contributed by atoms with E-state index in [0.29, 0.717) is 51.6 Å². The number of nitrogens with zero attached hydrogens (tertiary/aromatic N) is 2. The van der Waals surface area contributed by atoms with Crippen LogP contribution in [0.2, 0.25) is 0 Å². The van der Waals surface area contributed by atoms with E-state index in [2.05, 4.69) is 44.9 Å². The Morgan fingerprint density at radius 3 is 1.62 bits per heavy atom. The summed E-state index contributed by atoms with van der Waals surface area (Å²) in [6.45, 7) is 6.84. The highest BCUT2D eigenvalue weighted by atomic mass is 16.5. The van der Waals surface area contributed by atoms with Gasteiger partial charge in [-0.15, -0.1) is 0 Å². The summed E-state index contributed by atoms with van der Waals surface area (Å²) in [5, 5.41) is 12.7. The number of carbonyl (C=O) groups is 6. The SMILES string of the molecule is CC[C@@H](C)C(=O)N[C@H](C(=O)N1CCC[C@H]1C(=O)N[C@H]1c2ccccc2C[C@H]1OCC#CC#CCO[C@@H]1Cc2ccccc2[C@@H]1NC(=O)[C@@H]1CCCN1C(=O)[C@@H](CC(=O)[C@H](C)NC)C1CCCCC1)C1CCCCC1. The van der Waals surface area contributed by atoms with Crippen molar-refractivity contribution in [2.24, 2.45) is 23.7 Å². The van der Waals surface area contributed by atoms with E-state index >= 15 is 0 Å². The van der Waals surface area contributed by atoms with Crippen molar-refractivity contribution in [3.05, 3.63) is 70.8 Å². The topological polar surface area (TPSA) is 175 Å². The van der Waals surface area contributed by atoms with Crippen LogP contribution in [0, 0.1) is 47.4 Å². The van der Waals surface area contributed by atoms with Gasteiger partial charge in [0, 0.05) is 44.2 Å². The van der Waals surface area contributed by atoms with Crippen molar-refractivity contribution < 1.29 is 38.2 Å². The number of carbonyl (C=O) groups excluding carboxylic acids is 6. The molecule has 2 aromatic carbocycles. The van der Waals surface area contributed by atoms with Crippen molar-refractivity contribution in [2.75, 3.05) is 33.4 Å². The number of ether oxygens (including phenoxy) is 2. The smallest absolute Gasteiger partial charge is 0.246 e. The van der Waals surface area contributed by atoms with Gasteiger partial charge in [-0.05, 0) is 118 Å². The summed E-state index contributed by atoms with van der Waals surface area (Å²) in [5.41, 5.74) is 4.14. The Hall–Kier alpha value is -5.54. The normalized spacial score (nSPS) is 25.2. The number of nitrogens with one attached hydrogen (secondary N) is 4. The van der Waals surface area contributed by atoms with Crippen LogP contribution in [0.1, 0.15) is 158 Å². The molecule has 14 nitrogen and oxygen atoms in total. The third kappa shape index (κ3) is 13.1. The van der Waals surface area contributed by atoms with Gasteiger partial charge in [0.1, 0.15) is 37.1 Å². The van der Waals surface area contributed by atoms with Crippen molar-refractivity contribution in [3.8, 4) is 23.7 Å². The Labute approximate surface area is 439 Å². The molecule has 14 heteroatoms. The van der Waals surface area contributed by atoms with Gasteiger partial charge in [-0.25, -0.2) is 0 Å². The van der Waals surface area contributed by atoms with Gasteiger partial charge < -0.3 is 40.5 Å². The second-order valence-corrected chi connectivity index (χ2v) is 21.8. The van der Waals surface area contributed by atoms with Crippen LogP contribution in [0.25, 0.3) is 0 Å². The van der Waals surface area contributed by atoms with E-state index in [1.807, 2.05) is 69.3 Å². The molecule has 2 saturated carbocycles. The maximum Gasteiger partial charge on any atom is 0.246 e. The van der Waals surface area contributed by atoms with E-state index < -0.39 is 36.1 Å². The molecule has 4 fully saturated rings. The number of likely N-dealkylation sites (N-methyl/N-ethyl adjacent to an activating group) is 1. The van der Waals surface area contributed by atoms with Crippen LogP contribution in [0.4, 0.5) is 0 Å². The van der Waals surface area contributed by atoms with Gasteiger partial charge in [0.15, 0.2) is 0 Å².